The molecule has 6 heteroatoms. The standard InChI is InChI=1S/C18H29NO2.C12H10O3/c1-2-3-4-5-6-7-8-9-12-19-14-16-10-11-17-18(13-16)21-15-20-17;1-15-11-9-5-3-2-4-8(9)6-7-10(11)12(13)14/h10-11,13,19H,2-9,12,14-15H2,1H3;2-7H,1H3,(H,13,14). The second-order valence-corrected chi connectivity index (χ2v) is 9.01. The van der Waals surface area contributed by atoms with Gasteiger partial charge in [0.05, 0.1) is 7.11 Å². The van der Waals surface area contributed by atoms with Crippen molar-refractivity contribution in [2.45, 2.75) is 64.8 Å². The minimum absolute atomic E-state index is 0.191. The lowest BCUT2D eigenvalue weighted by Crippen LogP contribution is -2.14. The van der Waals surface area contributed by atoms with Crippen LogP contribution in [0.3, 0.4) is 0 Å². The van der Waals surface area contributed by atoms with Crippen LogP contribution in [0.1, 0.15) is 74.2 Å². The number of carbonyl (C=O) groups is 1. The van der Waals surface area contributed by atoms with Crippen LogP contribution in [0.5, 0.6) is 17.2 Å². The zero-order valence-electron chi connectivity index (χ0n) is 21.6. The quantitative estimate of drug-likeness (QED) is 0.245. The lowest BCUT2D eigenvalue weighted by Gasteiger charge is -2.08. The monoisotopic (exact) mass is 493 g/mol. The molecule has 3 aromatic carbocycles. The molecule has 194 valence electrons. The number of hydrogen-bond acceptors (Lipinski definition) is 5. The van der Waals surface area contributed by atoms with Crippen LogP contribution >= 0.6 is 0 Å². The molecule has 0 spiro atoms. The molecule has 0 amide bonds. The van der Waals surface area contributed by atoms with Crippen molar-refractivity contribution >= 4 is 16.7 Å². The van der Waals surface area contributed by atoms with Crippen molar-refractivity contribution < 1.29 is 24.1 Å². The molecule has 36 heavy (non-hydrogen) atoms. The van der Waals surface area contributed by atoms with E-state index in [0.717, 1.165) is 35.4 Å². The molecule has 0 aliphatic carbocycles. The highest BCUT2D eigenvalue weighted by Crippen LogP contribution is 2.32. The van der Waals surface area contributed by atoms with Crippen LogP contribution in [0.4, 0.5) is 0 Å². The molecule has 0 radical (unpaired) electrons. The largest absolute Gasteiger partial charge is 0.495 e. The van der Waals surface area contributed by atoms with Crippen molar-refractivity contribution in [1.82, 2.24) is 5.32 Å². The predicted molar refractivity (Wildman–Crippen MR) is 144 cm³/mol. The molecule has 0 unspecified atom stereocenters. The summed E-state index contributed by atoms with van der Waals surface area (Å²) < 4.78 is 15.8. The first-order valence-corrected chi connectivity index (χ1v) is 13.0. The fraction of sp³-hybridized carbons (Fsp3) is 0.433. The maximum atomic E-state index is 10.9. The van der Waals surface area contributed by atoms with Gasteiger partial charge in [-0.25, -0.2) is 4.79 Å². The number of methoxy groups -OCH3 is 1. The third kappa shape index (κ3) is 8.16. The Kier molecular flexibility index (Phi) is 11.4. The van der Waals surface area contributed by atoms with Gasteiger partial charge < -0.3 is 24.6 Å². The number of ether oxygens (including phenoxy) is 3. The molecule has 0 atom stereocenters. The number of unbranched alkanes of at least 4 members (excludes halogenated alkanes) is 7. The molecule has 0 fully saturated rings. The van der Waals surface area contributed by atoms with Gasteiger partial charge in [-0.2, -0.15) is 0 Å². The maximum absolute atomic E-state index is 10.9. The van der Waals surface area contributed by atoms with Gasteiger partial charge in [-0.3, -0.25) is 0 Å². The number of aromatic carboxylic acids is 1. The molecule has 4 rings (SSSR count). The van der Waals surface area contributed by atoms with E-state index in [1.807, 2.05) is 30.3 Å². The van der Waals surface area contributed by atoms with Gasteiger partial charge in [0.2, 0.25) is 6.79 Å². The van der Waals surface area contributed by atoms with E-state index in [1.54, 1.807) is 12.1 Å². The maximum Gasteiger partial charge on any atom is 0.339 e. The first-order valence-electron chi connectivity index (χ1n) is 13.0. The summed E-state index contributed by atoms with van der Waals surface area (Å²) in [6.45, 7) is 4.63. The van der Waals surface area contributed by atoms with Gasteiger partial charge in [-0.1, -0.05) is 88.3 Å². The van der Waals surface area contributed by atoms with E-state index < -0.39 is 5.97 Å². The third-order valence-electron chi connectivity index (χ3n) is 6.29. The van der Waals surface area contributed by atoms with Crippen molar-refractivity contribution in [3.05, 3.63) is 65.7 Å². The van der Waals surface area contributed by atoms with Gasteiger partial charge in [-0.15, -0.1) is 0 Å². The summed E-state index contributed by atoms with van der Waals surface area (Å²) in [6.07, 6.45) is 11.0. The van der Waals surface area contributed by atoms with Crippen molar-refractivity contribution in [2.75, 3.05) is 20.4 Å². The minimum atomic E-state index is -0.974. The Bertz CT molecular complexity index is 1100. The Morgan fingerprint density at radius 2 is 1.64 bits per heavy atom. The molecular weight excluding hydrogens is 454 g/mol. The fourth-order valence-electron chi connectivity index (χ4n) is 4.30. The molecule has 6 nitrogen and oxygen atoms in total. The van der Waals surface area contributed by atoms with Crippen molar-refractivity contribution in [1.29, 1.82) is 0 Å². The first-order chi connectivity index (χ1) is 17.6. The number of hydrogen-bond donors (Lipinski definition) is 2. The Hall–Kier alpha value is -3.25. The van der Waals surface area contributed by atoms with E-state index in [2.05, 4.69) is 24.4 Å². The molecular formula is C30H39NO5. The van der Waals surface area contributed by atoms with Gasteiger partial charge in [0.25, 0.3) is 0 Å². The lowest BCUT2D eigenvalue weighted by atomic mass is 10.1. The van der Waals surface area contributed by atoms with Crippen LogP contribution in [0.25, 0.3) is 10.8 Å². The number of nitrogens with one attached hydrogen (secondary N) is 1. The number of carboxylic acids is 1. The summed E-state index contributed by atoms with van der Waals surface area (Å²) in [7, 11) is 1.48. The molecule has 3 aromatic rings. The topological polar surface area (TPSA) is 77.0 Å². The Balaban J connectivity index is 0.000000212. The summed E-state index contributed by atoms with van der Waals surface area (Å²) in [5, 5.41) is 14.3. The molecule has 0 saturated heterocycles. The van der Waals surface area contributed by atoms with Gasteiger partial charge in [-0.05, 0) is 42.1 Å². The van der Waals surface area contributed by atoms with Crippen LogP contribution in [0, 0.1) is 0 Å². The third-order valence-corrected chi connectivity index (χ3v) is 6.29. The Morgan fingerprint density at radius 1 is 0.917 bits per heavy atom. The van der Waals surface area contributed by atoms with Gasteiger partial charge in [0.15, 0.2) is 11.5 Å². The van der Waals surface area contributed by atoms with Crippen LogP contribution < -0.4 is 19.5 Å². The highest BCUT2D eigenvalue weighted by Gasteiger charge is 2.14. The van der Waals surface area contributed by atoms with Crippen molar-refractivity contribution in [2.24, 2.45) is 0 Å². The van der Waals surface area contributed by atoms with E-state index in [0.29, 0.717) is 12.5 Å². The van der Waals surface area contributed by atoms with Crippen LogP contribution in [0.2, 0.25) is 0 Å². The molecule has 0 bridgehead atoms. The van der Waals surface area contributed by atoms with Crippen LogP contribution in [-0.2, 0) is 6.54 Å². The molecule has 2 N–H and O–H groups in total. The predicted octanol–water partition coefficient (Wildman–Crippen LogP) is 7.19. The summed E-state index contributed by atoms with van der Waals surface area (Å²) in [5.41, 5.74) is 1.45. The molecule has 0 aromatic heterocycles. The number of benzene rings is 3. The normalized spacial score (nSPS) is 11.7. The molecule has 0 saturated carbocycles. The smallest absolute Gasteiger partial charge is 0.339 e. The van der Waals surface area contributed by atoms with Crippen LogP contribution in [0.15, 0.2) is 54.6 Å². The minimum Gasteiger partial charge on any atom is -0.495 e. The molecule has 1 aliphatic heterocycles. The van der Waals surface area contributed by atoms with E-state index in [1.165, 1.54) is 64.0 Å². The average Bonchev–Trinajstić information content (AvgIpc) is 3.37. The summed E-state index contributed by atoms with van der Waals surface area (Å²) >= 11 is 0. The summed E-state index contributed by atoms with van der Waals surface area (Å²) in [6, 6.07) is 17.0. The van der Waals surface area contributed by atoms with Crippen molar-refractivity contribution in [3.8, 4) is 17.2 Å². The highest BCUT2D eigenvalue weighted by molar-refractivity contribution is 6.00. The van der Waals surface area contributed by atoms with Crippen LogP contribution in [-0.4, -0.2) is 31.5 Å². The zero-order chi connectivity index (χ0) is 25.6. The highest BCUT2D eigenvalue weighted by atomic mass is 16.7. The van der Waals surface area contributed by atoms with Gasteiger partial charge >= 0.3 is 5.97 Å². The summed E-state index contributed by atoms with van der Waals surface area (Å²) in [4.78, 5) is 10.9. The second kappa shape index (κ2) is 15.0. The van der Waals surface area contributed by atoms with E-state index in [4.69, 9.17) is 19.3 Å². The van der Waals surface area contributed by atoms with Gasteiger partial charge in [0.1, 0.15) is 11.3 Å². The van der Waals surface area contributed by atoms with E-state index >= 15 is 0 Å². The van der Waals surface area contributed by atoms with Gasteiger partial charge in [0, 0.05) is 11.9 Å². The average molecular weight is 494 g/mol. The summed E-state index contributed by atoms with van der Waals surface area (Å²) in [5.74, 6) is 1.18. The fourth-order valence-corrected chi connectivity index (χ4v) is 4.30. The SMILES string of the molecule is CCCCCCCCCCNCc1ccc2c(c1)OCO2.COc1c(C(=O)O)ccc2ccccc12. The van der Waals surface area contributed by atoms with E-state index in [9.17, 15) is 4.79 Å². The first kappa shape index (κ1) is 27.3. The Labute approximate surface area is 214 Å². The second-order valence-electron chi connectivity index (χ2n) is 9.01. The number of fused-ring (bicyclic) bond motifs is 2. The molecule has 1 aliphatic rings. The van der Waals surface area contributed by atoms with E-state index in [-0.39, 0.29) is 5.56 Å². The zero-order valence-corrected chi connectivity index (χ0v) is 21.6. The number of rotatable bonds is 13. The Morgan fingerprint density at radius 3 is 2.39 bits per heavy atom. The lowest BCUT2D eigenvalue weighted by molar-refractivity contribution is 0.0693. The molecule has 1 heterocycles. The number of carboxylic acid groups (broad SMARTS) is 1. The van der Waals surface area contributed by atoms with Crippen molar-refractivity contribution in [3.63, 3.8) is 0 Å².